The third kappa shape index (κ3) is 11.2. The fraction of sp³-hybridized carbons (Fsp3) is 0.733. The van der Waals surface area contributed by atoms with E-state index in [4.69, 9.17) is 9.47 Å². The number of phenolic OH excluding ortho intramolecular Hbond substituents is 2. The number of carbonyl (C=O) groups excluding carboxylic acids is 2. The van der Waals surface area contributed by atoms with Crippen LogP contribution in [-0.4, -0.2) is 35.4 Å². The van der Waals surface area contributed by atoms with Gasteiger partial charge < -0.3 is 19.7 Å². The van der Waals surface area contributed by atoms with Gasteiger partial charge in [0.25, 0.3) is 0 Å². The smallest absolute Gasteiger partial charge is 0.302 e. The highest BCUT2D eigenvalue weighted by Crippen LogP contribution is 2.43. The molecule has 0 saturated heterocycles. The van der Waals surface area contributed by atoms with Gasteiger partial charge in [0.1, 0.15) is 11.5 Å². The number of esters is 2. The Kier molecular flexibility index (Phi) is 12.8. The standard InChI is InChI=1S/C30H50O6/c1-21(13-17-35-23(3)31)11-9-15-29(5,6)25-19-28(34)26(20-27(25)33)30(7,8)16-10-12-22(2)14-18-36-24(4)32/h19-22,33-34H,9-18H2,1-8H3. The fourth-order valence-corrected chi connectivity index (χ4v) is 4.81. The van der Waals surface area contributed by atoms with Crippen molar-refractivity contribution in [1.29, 1.82) is 0 Å². The van der Waals surface area contributed by atoms with Gasteiger partial charge in [-0.15, -0.1) is 0 Å². The van der Waals surface area contributed by atoms with Crippen molar-refractivity contribution in [2.45, 2.75) is 118 Å². The third-order valence-corrected chi connectivity index (χ3v) is 7.40. The predicted molar refractivity (Wildman–Crippen MR) is 144 cm³/mol. The molecule has 0 heterocycles. The van der Waals surface area contributed by atoms with Crippen molar-refractivity contribution < 1.29 is 29.3 Å². The van der Waals surface area contributed by atoms with Gasteiger partial charge in [-0.3, -0.25) is 9.59 Å². The van der Waals surface area contributed by atoms with E-state index in [1.165, 1.54) is 13.8 Å². The van der Waals surface area contributed by atoms with Crippen LogP contribution in [0.2, 0.25) is 0 Å². The minimum atomic E-state index is -0.281. The Labute approximate surface area is 218 Å². The molecule has 0 aromatic heterocycles. The van der Waals surface area contributed by atoms with E-state index < -0.39 is 0 Å². The molecule has 0 fully saturated rings. The zero-order valence-electron chi connectivity index (χ0n) is 23.9. The Hall–Kier alpha value is -2.24. The maximum atomic E-state index is 10.9. The highest BCUT2D eigenvalue weighted by atomic mass is 16.5. The second kappa shape index (κ2) is 14.5. The van der Waals surface area contributed by atoms with Gasteiger partial charge in [0, 0.05) is 25.0 Å². The van der Waals surface area contributed by atoms with Crippen LogP contribution in [0, 0.1) is 11.8 Å². The van der Waals surface area contributed by atoms with Gasteiger partial charge in [0.2, 0.25) is 0 Å². The van der Waals surface area contributed by atoms with Gasteiger partial charge in [0.15, 0.2) is 0 Å². The molecule has 6 heteroatoms. The Morgan fingerprint density at radius 1 is 0.722 bits per heavy atom. The van der Waals surface area contributed by atoms with Gasteiger partial charge in [-0.25, -0.2) is 0 Å². The van der Waals surface area contributed by atoms with Crippen molar-refractivity contribution in [1.82, 2.24) is 0 Å². The van der Waals surface area contributed by atoms with Crippen LogP contribution in [0.3, 0.4) is 0 Å². The molecule has 0 aliphatic rings. The monoisotopic (exact) mass is 506 g/mol. The SMILES string of the molecule is CC(=O)OCCC(C)CCCC(C)(C)c1cc(O)c(C(C)(C)CCCC(C)CCOC(C)=O)cc1O. The maximum absolute atomic E-state index is 10.9. The summed E-state index contributed by atoms with van der Waals surface area (Å²) in [6.07, 6.45) is 7.46. The molecule has 0 aliphatic heterocycles. The molecule has 0 radical (unpaired) electrons. The molecular weight excluding hydrogens is 456 g/mol. The summed E-state index contributed by atoms with van der Waals surface area (Å²) in [5.41, 5.74) is 0.978. The molecule has 0 amide bonds. The van der Waals surface area contributed by atoms with Crippen LogP contribution in [0.25, 0.3) is 0 Å². The lowest BCUT2D eigenvalue weighted by Crippen LogP contribution is -2.21. The number of phenols is 2. The van der Waals surface area contributed by atoms with E-state index in [9.17, 15) is 19.8 Å². The summed E-state index contributed by atoms with van der Waals surface area (Å²) in [5, 5.41) is 21.9. The second-order valence-corrected chi connectivity index (χ2v) is 11.9. The Morgan fingerprint density at radius 2 is 1.06 bits per heavy atom. The second-order valence-electron chi connectivity index (χ2n) is 11.9. The quantitative estimate of drug-likeness (QED) is 0.182. The molecule has 1 rings (SSSR count). The molecular formula is C30H50O6. The number of hydrogen-bond donors (Lipinski definition) is 2. The van der Waals surface area contributed by atoms with Crippen LogP contribution < -0.4 is 0 Å². The summed E-state index contributed by atoms with van der Waals surface area (Å²) in [7, 11) is 0. The Morgan fingerprint density at radius 3 is 1.36 bits per heavy atom. The summed E-state index contributed by atoms with van der Waals surface area (Å²) < 4.78 is 10.1. The van der Waals surface area contributed by atoms with Crippen LogP contribution >= 0.6 is 0 Å². The largest absolute Gasteiger partial charge is 0.508 e. The van der Waals surface area contributed by atoms with Gasteiger partial charge in [0.05, 0.1) is 13.2 Å². The van der Waals surface area contributed by atoms with Gasteiger partial charge in [-0.2, -0.15) is 0 Å². The molecule has 0 spiro atoms. The van der Waals surface area contributed by atoms with Crippen molar-refractivity contribution in [3.05, 3.63) is 23.3 Å². The highest BCUT2D eigenvalue weighted by molar-refractivity contribution is 5.66. The minimum absolute atomic E-state index is 0.235. The van der Waals surface area contributed by atoms with Crippen molar-refractivity contribution in [2.24, 2.45) is 11.8 Å². The van der Waals surface area contributed by atoms with Crippen molar-refractivity contribution in [3.63, 3.8) is 0 Å². The van der Waals surface area contributed by atoms with E-state index in [2.05, 4.69) is 41.5 Å². The molecule has 36 heavy (non-hydrogen) atoms. The molecule has 206 valence electrons. The topological polar surface area (TPSA) is 93.1 Å². The molecule has 0 saturated carbocycles. The molecule has 2 N–H and O–H groups in total. The normalized spacial score (nSPS) is 13.8. The first-order valence-corrected chi connectivity index (χ1v) is 13.5. The van der Waals surface area contributed by atoms with Crippen molar-refractivity contribution in [3.8, 4) is 11.5 Å². The van der Waals surface area contributed by atoms with E-state index in [0.717, 1.165) is 62.5 Å². The van der Waals surface area contributed by atoms with Gasteiger partial charge >= 0.3 is 11.9 Å². The van der Waals surface area contributed by atoms with Gasteiger partial charge in [-0.05, 0) is 60.5 Å². The predicted octanol–water partition coefficient (Wildman–Crippen LogP) is 7.17. The number of aromatic hydroxyl groups is 2. The molecule has 0 bridgehead atoms. The first-order chi connectivity index (χ1) is 16.7. The Balaban J connectivity index is 2.70. The van der Waals surface area contributed by atoms with Crippen LogP contribution in [-0.2, 0) is 29.9 Å². The van der Waals surface area contributed by atoms with Crippen LogP contribution in [0.1, 0.15) is 118 Å². The Bertz CT molecular complexity index is 772. The average molecular weight is 507 g/mol. The summed E-state index contributed by atoms with van der Waals surface area (Å²) >= 11 is 0. The lowest BCUT2D eigenvalue weighted by molar-refractivity contribution is -0.142. The fourth-order valence-electron chi connectivity index (χ4n) is 4.81. The third-order valence-electron chi connectivity index (χ3n) is 7.40. The molecule has 0 aliphatic carbocycles. The number of benzene rings is 1. The molecule has 1 aromatic rings. The molecule has 2 unspecified atom stereocenters. The van der Waals surface area contributed by atoms with Crippen LogP contribution in [0.4, 0.5) is 0 Å². The summed E-state index contributed by atoms with van der Waals surface area (Å²) in [5.74, 6) is 0.897. The first kappa shape index (κ1) is 31.8. The van der Waals surface area contributed by atoms with E-state index in [1.54, 1.807) is 12.1 Å². The number of hydrogen-bond acceptors (Lipinski definition) is 6. The van der Waals surface area contributed by atoms with Crippen molar-refractivity contribution >= 4 is 11.9 Å². The van der Waals surface area contributed by atoms with E-state index in [1.807, 2.05) is 0 Å². The lowest BCUT2D eigenvalue weighted by Gasteiger charge is -2.31. The van der Waals surface area contributed by atoms with Crippen LogP contribution in [0.5, 0.6) is 11.5 Å². The average Bonchev–Trinajstić information content (AvgIpc) is 2.74. The number of carbonyl (C=O) groups is 2. The summed E-state index contributed by atoms with van der Waals surface area (Å²) in [6.45, 7) is 16.5. The van der Waals surface area contributed by atoms with E-state index >= 15 is 0 Å². The van der Waals surface area contributed by atoms with Crippen LogP contribution in [0.15, 0.2) is 12.1 Å². The zero-order chi connectivity index (χ0) is 27.5. The molecule has 6 nitrogen and oxygen atoms in total. The molecule has 2 atom stereocenters. The number of ether oxygens (including phenoxy) is 2. The van der Waals surface area contributed by atoms with E-state index in [-0.39, 0.29) is 34.3 Å². The zero-order valence-corrected chi connectivity index (χ0v) is 23.9. The van der Waals surface area contributed by atoms with Crippen molar-refractivity contribution in [2.75, 3.05) is 13.2 Å². The summed E-state index contributed by atoms with van der Waals surface area (Å²) in [4.78, 5) is 21.8. The minimum Gasteiger partial charge on any atom is -0.508 e. The van der Waals surface area contributed by atoms with E-state index in [0.29, 0.717) is 25.0 Å². The molecule has 1 aromatic carbocycles. The number of rotatable bonds is 16. The lowest BCUT2D eigenvalue weighted by atomic mass is 9.75. The maximum Gasteiger partial charge on any atom is 0.302 e. The highest BCUT2D eigenvalue weighted by Gasteiger charge is 2.30. The summed E-state index contributed by atoms with van der Waals surface area (Å²) in [6, 6.07) is 3.50. The first-order valence-electron chi connectivity index (χ1n) is 13.5. The van der Waals surface area contributed by atoms with Gasteiger partial charge in [-0.1, -0.05) is 67.2 Å².